The van der Waals surface area contributed by atoms with Gasteiger partial charge in [-0.1, -0.05) is 0 Å². The van der Waals surface area contributed by atoms with E-state index >= 15 is 0 Å². The maximum Gasteiger partial charge on any atom is 0.498 e. The molecule has 0 atom stereocenters. The van der Waals surface area contributed by atoms with Crippen LogP contribution in [0.3, 0.4) is 0 Å². The number of furan rings is 1. The van der Waals surface area contributed by atoms with Crippen LogP contribution in [0.5, 0.6) is 0 Å². The Balaban J connectivity index is 2.27. The first-order chi connectivity index (χ1) is 6.83. The largest absolute Gasteiger partial charge is 0.498 e. The van der Waals surface area contributed by atoms with Crippen LogP contribution in [0.25, 0.3) is 0 Å². The van der Waals surface area contributed by atoms with E-state index in [-0.39, 0.29) is 18.3 Å². The normalized spacial score (nSPS) is 23.4. The number of hydrogen-bond donors (Lipinski definition) is 0. The third kappa shape index (κ3) is 1.62. The Labute approximate surface area is 90.9 Å². The van der Waals surface area contributed by atoms with Gasteiger partial charge in [0.05, 0.1) is 17.5 Å². The molecule has 0 saturated carbocycles. The van der Waals surface area contributed by atoms with Crippen molar-refractivity contribution in [2.45, 2.75) is 45.8 Å². The van der Waals surface area contributed by atoms with Crippen LogP contribution in [0.2, 0.25) is 0 Å². The van der Waals surface area contributed by atoms with Crippen LogP contribution in [-0.4, -0.2) is 18.3 Å². The molecule has 1 aromatic rings. The molecular weight excluding hydrogens is 191 g/mol. The Morgan fingerprint density at radius 2 is 1.60 bits per heavy atom. The van der Waals surface area contributed by atoms with Crippen molar-refractivity contribution >= 4 is 12.6 Å². The maximum absolute atomic E-state index is 5.91. The van der Waals surface area contributed by atoms with Gasteiger partial charge < -0.3 is 13.7 Å². The summed E-state index contributed by atoms with van der Waals surface area (Å²) in [6.45, 7) is 10.1. The molecule has 1 fully saturated rings. The number of aryl methyl sites for hydroxylation is 1. The van der Waals surface area contributed by atoms with E-state index in [1.165, 1.54) is 0 Å². The van der Waals surface area contributed by atoms with Gasteiger partial charge in [0.15, 0.2) is 0 Å². The summed E-state index contributed by atoms with van der Waals surface area (Å²) in [5, 5.41) is 0. The summed E-state index contributed by atoms with van der Waals surface area (Å²) in [5.74, 6) is 0.855. The first kappa shape index (κ1) is 10.8. The van der Waals surface area contributed by atoms with E-state index in [0.29, 0.717) is 0 Å². The Morgan fingerprint density at radius 1 is 1.07 bits per heavy atom. The molecule has 4 heteroatoms. The average molecular weight is 208 g/mol. The highest BCUT2D eigenvalue weighted by atomic mass is 16.7. The van der Waals surface area contributed by atoms with Crippen LogP contribution in [0.4, 0.5) is 0 Å². The third-order valence-corrected chi connectivity index (χ3v) is 3.41. The SMILES string of the molecule is Cc1occc1B1OC(C)(C)C(C)(C)O1. The van der Waals surface area contributed by atoms with Gasteiger partial charge in [0.2, 0.25) is 0 Å². The van der Waals surface area contributed by atoms with Crippen LogP contribution < -0.4 is 5.46 Å². The van der Waals surface area contributed by atoms with E-state index < -0.39 is 0 Å². The molecular formula is C11H17BO3. The zero-order chi connectivity index (χ0) is 11.3. The second-order valence-corrected chi connectivity index (χ2v) is 5.02. The molecule has 1 aliphatic rings. The zero-order valence-corrected chi connectivity index (χ0v) is 9.96. The van der Waals surface area contributed by atoms with Gasteiger partial charge in [0.25, 0.3) is 0 Å². The van der Waals surface area contributed by atoms with Crippen molar-refractivity contribution < 1.29 is 13.7 Å². The van der Waals surface area contributed by atoms with Gasteiger partial charge in [-0.2, -0.15) is 0 Å². The topological polar surface area (TPSA) is 31.6 Å². The lowest BCUT2D eigenvalue weighted by molar-refractivity contribution is 0.00578. The fourth-order valence-electron chi connectivity index (χ4n) is 1.61. The first-order valence-corrected chi connectivity index (χ1v) is 5.23. The van der Waals surface area contributed by atoms with Crippen LogP contribution in [0.15, 0.2) is 16.7 Å². The first-order valence-electron chi connectivity index (χ1n) is 5.23. The molecule has 2 heterocycles. The zero-order valence-electron chi connectivity index (χ0n) is 9.96. The van der Waals surface area contributed by atoms with Gasteiger partial charge in [0.1, 0.15) is 5.76 Å². The van der Waals surface area contributed by atoms with E-state index in [1.54, 1.807) is 6.26 Å². The molecule has 1 saturated heterocycles. The molecule has 0 N–H and O–H groups in total. The van der Waals surface area contributed by atoms with Crippen molar-refractivity contribution in [3.05, 3.63) is 18.1 Å². The van der Waals surface area contributed by atoms with Crippen LogP contribution in [0, 0.1) is 6.92 Å². The molecule has 0 bridgehead atoms. The quantitative estimate of drug-likeness (QED) is 0.660. The Hall–Kier alpha value is -0.735. The molecule has 82 valence electrons. The van der Waals surface area contributed by atoms with Crippen LogP contribution in [-0.2, 0) is 9.31 Å². The summed E-state index contributed by atoms with van der Waals surface area (Å²) in [6.07, 6.45) is 1.66. The molecule has 0 unspecified atom stereocenters. The fraction of sp³-hybridized carbons (Fsp3) is 0.636. The summed E-state index contributed by atoms with van der Waals surface area (Å²) in [4.78, 5) is 0. The van der Waals surface area contributed by atoms with Gasteiger partial charge >= 0.3 is 7.12 Å². The second kappa shape index (κ2) is 3.13. The summed E-state index contributed by atoms with van der Waals surface area (Å²) >= 11 is 0. The number of rotatable bonds is 1. The summed E-state index contributed by atoms with van der Waals surface area (Å²) < 4.78 is 17.1. The van der Waals surface area contributed by atoms with Gasteiger partial charge in [-0.3, -0.25) is 0 Å². The van der Waals surface area contributed by atoms with E-state index in [9.17, 15) is 0 Å². The molecule has 1 aliphatic heterocycles. The van der Waals surface area contributed by atoms with Gasteiger partial charge in [-0.15, -0.1) is 0 Å². The molecule has 2 rings (SSSR count). The Kier molecular flexibility index (Phi) is 2.24. The smallest absolute Gasteiger partial charge is 0.470 e. The highest BCUT2D eigenvalue weighted by molar-refractivity contribution is 6.62. The minimum Gasteiger partial charge on any atom is -0.470 e. The molecule has 3 nitrogen and oxygen atoms in total. The molecule has 0 amide bonds. The third-order valence-electron chi connectivity index (χ3n) is 3.41. The average Bonchev–Trinajstić information content (AvgIpc) is 2.55. The van der Waals surface area contributed by atoms with Crippen molar-refractivity contribution in [2.75, 3.05) is 0 Å². The molecule has 0 aliphatic carbocycles. The van der Waals surface area contributed by atoms with E-state index in [0.717, 1.165) is 11.2 Å². The van der Waals surface area contributed by atoms with Crippen molar-refractivity contribution in [3.8, 4) is 0 Å². The predicted octanol–water partition coefficient (Wildman–Crippen LogP) is 1.89. The maximum atomic E-state index is 5.91. The molecule has 15 heavy (non-hydrogen) atoms. The Morgan fingerprint density at radius 3 is 2.00 bits per heavy atom. The lowest BCUT2D eigenvalue weighted by Crippen LogP contribution is -2.41. The van der Waals surface area contributed by atoms with Gasteiger partial charge in [0, 0.05) is 5.46 Å². The van der Waals surface area contributed by atoms with Gasteiger partial charge in [-0.05, 0) is 40.7 Å². The molecule has 0 radical (unpaired) electrons. The molecule has 1 aromatic heterocycles. The van der Waals surface area contributed by atoms with E-state index in [1.807, 2.05) is 40.7 Å². The molecule has 0 aromatic carbocycles. The van der Waals surface area contributed by atoms with Crippen molar-refractivity contribution in [2.24, 2.45) is 0 Å². The summed E-state index contributed by atoms with van der Waals surface area (Å²) in [7, 11) is -0.311. The monoisotopic (exact) mass is 208 g/mol. The van der Waals surface area contributed by atoms with Crippen molar-refractivity contribution in [1.29, 1.82) is 0 Å². The standard InChI is InChI=1S/C11H17BO3/c1-8-9(6-7-13-8)12-14-10(2,3)11(4,5)15-12/h6-7H,1-5H3. The fourth-order valence-corrected chi connectivity index (χ4v) is 1.61. The van der Waals surface area contributed by atoms with Crippen LogP contribution in [0.1, 0.15) is 33.5 Å². The minimum absolute atomic E-state index is 0.290. The molecule has 0 spiro atoms. The highest BCUT2D eigenvalue weighted by Gasteiger charge is 2.52. The van der Waals surface area contributed by atoms with Gasteiger partial charge in [-0.25, -0.2) is 0 Å². The lowest BCUT2D eigenvalue weighted by Gasteiger charge is -2.32. The second-order valence-electron chi connectivity index (χ2n) is 5.02. The van der Waals surface area contributed by atoms with Crippen molar-refractivity contribution in [3.63, 3.8) is 0 Å². The summed E-state index contributed by atoms with van der Waals surface area (Å²) in [5.41, 5.74) is 0.400. The van der Waals surface area contributed by atoms with Crippen molar-refractivity contribution in [1.82, 2.24) is 0 Å². The van der Waals surface area contributed by atoms with Crippen LogP contribution >= 0.6 is 0 Å². The highest BCUT2D eigenvalue weighted by Crippen LogP contribution is 2.36. The van der Waals surface area contributed by atoms with E-state index in [4.69, 9.17) is 13.7 Å². The number of hydrogen-bond acceptors (Lipinski definition) is 3. The summed E-state index contributed by atoms with van der Waals surface area (Å²) in [6, 6.07) is 1.90. The predicted molar refractivity (Wildman–Crippen MR) is 59.2 cm³/mol. The Bertz CT molecular complexity index is 352. The lowest BCUT2D eigenvalue weighted by atomic mass is 9.79. The minimum atomic E-state index is -0.311. The van der Waals surface area contributed by atoms with E-state index in [2.05, 4.69) is 0 Å².